The third-order valence-electron chi connectivity index (χ3n) is 2.30. The predicted molar refractivity (Wildman–Crippen MR) is 75.4 cm³/mol. The van der Waals surface area contributed by atoms with Gasteiger partial charge in [0, 0.05) is 31.9 Å². The zero-order valence-corrected chi connectivity index (χ0v) is 11.1. The molecule has 1 aromatic carbocycles. The largest absolute Gasteiger partial charge is 0.363 e. The first kappa shape index (κ1) is 13.4. The number of carbonyl (C=O) groups is 1. The van der Waals surface area contributed by atoms with Crippen LogP contribution in [0.5, 0.6) is 0 Å². The summed E-state index contributed by atoms with van der Waals surface area (Å²) in [6.07, 6.45) is 0. The van der Waals surface area contributed by atoms with Crippen molar-refractivity contribution in [2.24, 2.45) is 0 Å². The molecule has 0 spiro atoms. The first-order chi connectivity index (χ1) is 8.04. The molecule has 0 saturated heterocycles. The van der Waals surface area contributed by atoms with Crippen molar-refractivity contribution in [1.82, 2.24) is 5.32 Å². The Balaban J connectivity index is 2.79. The molecule has 0 heterocycles. The minimum Gasteiger partial charge on any atom is -0.363 e. The molecular weight excluding hydrogens is 234 g/mol. The van der Waals surface area contributed by atoms with Crippen molar-refractivity contribution in [3.05, 3.63) is 24.3 Å². The number of rotatable bonds is 3. The van der Waals surface area contributed by atoms with Gasteiger partial charge in [-0.1, -0.05) is 6.07 Å². The average molecular weight is 251 g/mol. The van der Waals surface area contributed by atoms with Gasteiger partial charge in [0.2, 0.25) is 5.91 Å². The molecule has 1 aromatic rings. The summed E-state index contributed by atoms with van der Waals surface area (Å²) in [5.74, 6) is -0.00332. The van der Waals surface area contributed by atoms with Crippen molar-refractivity contribution in [2.45, 2.75) is 13.8 Å². The fourth-order valence-electron chi connectivity index (χ4n) is 1.31. The summed E-state index contributed by atoms with van der Waals surface area (Å²) >= 11 is 5.09. The van der Waals surface area contributed by atoms with Gasteiger partial charge in [0.15, 0.2) is 5.11 Å². The molecule has 0 unspecified atom stereocenters. The summed E-state index contributed by atoms with van der Waals surface area (Å²) in [6.45, 7) is 4.29. The van der Waals surface area contributed by atoms with Crippen molar-refractivity contribution in [2.75, 3.05) is 23.8 Å². The Hall–Kier alpha value is -1.62. The van der Waals surface area contributed by atoms with Crippen molar-refractivity contribution in [3.8, 4) is 0 Å². The number of anilines is 2. The van der Waals surface area contributed by atoms with Crippen LogP contribution in [0.1, 0.15) is 13.8 Å². The van der Waals surface area contributed by atoms with E-state index in [1.807, 2.05) is 31.2 Å². The highest BCUT2D eigenvalue weighted by molar-refractivity contribution is 7.80. The molecule has 0 aliphatic carbocycles. The van der Waals surface area contributed by atoms with Crippen molar-refractivity contribution in [1.29, 1.82) is 0 Å². The normalized spacial score (nSPS) is 9.59. The van der Waals surface area contributed by atoms with E-state index in [2.05, 4.69) is 10.6 Å². The lowest BCUT2D eigenvalue weighted by molar-refractivity contribution is -0.116. The maximum atomic E-state index is 11.2. The van der Waals surface area contributed by atoms with Gasteiger partial charge in [-0.2, -0.15) is 0 Å². The zero-order chi connectivity index (χ0) is 12.8. The van der Waals surface area contributed by atoms with Crippen LogP contribution >= 0.6 is 12.2 Å². The van der Waals surface area contributed by atoms with Crippen LogP contribution in [0.3, 0.4) is 0 Å². The Labute approximate surface area is 107 Å². The monoisotopic (exact) mass is 251 g/mol. The predicted octanol–water partition coefficient (Wildman–Crippen LogP) is 1.98. The Bertz CT molecular complexity index is 420. The van der Waals surface area contributed by atoms with Crippen LogP contribution in [0.2, 0.25) is 0 Å². The number of amides is 1. The molecule has 0 bridgehead atoms. The van der Waals surface area contributed by atoms with E-state index in [1.54, 1.807) is 11.9 Å². The summed E-state index contributed by atoms with van der Waals surface area (Å²) in [6, 6.07) is 7.54. The second-order valence-electron chi connectivity index (χ2n) is 3.61. The van der Waals surface area contributed by atoms with Crippen molar-refractivity contribution < 1.29 is 4.79 Å². The number of thiocarbonyl (C=S) groups is 1. The standard InChI is InChI=1S/C12H17N3OS/c1-4-13-12(17)14-10-6-5-7-11(8-10)15(3)9(2)16/h5-8H,4H2,1-3H3,(H2,13,14,17). The van der Waals surface area contributed by atoms with Crippen LogP contribution in [0, 0.1) is 0 Å². The molecule has 0 aromatic heterocycles. The SMILES string of the molecule is CCNC(=S)Nc1cccc(N(C)C(C)=O)c1. The van der Waals surface area contributed by atoms with Gasteiger partial charge in [0.1, 0.15) is 0 Å². The molecule has 4 nitrogen and oxygen atoms in total. The van der Waals surface area contributed by atoms with Gasteiger partial charge >= 0.3 is 0 Å². The van der Waals surface area contributed by atoms with Crippen molar-refractivity contribution >= 4 is 34.6 Å². The molecule has 0 saturated carbocycles. The van der Waals surface area contributed by atoms with Crippen LogP contribution in [-0.2, 0) is 4.79 Å². The molecule has 17 heavy (non-hydrogen) atoms. The molecule has 92 valence electrons. The number of hydrogen-bond donors (Lipinski definition) is 2. The van der Waals surface area contributed by atoms with E-state index in [0.717, 1.165) is 17.9 Å². The van der Waals surface area contributed by atoms with E-state index >= 15 is 0 Å². The number of nitrogens with one attached hydrogen (secondary N) is 2. The zero-order valence-electron chi connectivity index (χ0n) is 10.3. The molecule has 0 atom stereocenters. The first-order valence-corrected chi connectivity index (χ1v) is 5.84. The summed E-state index contributed by atoms with van der Waals surface area (Å²) in [7, 11) is 1.74. The van der Waals surface area contributed by atoms with Crippen molar-refractivity contribution in [3.63, 3.8) is 0 Å². The van der Waals surface area contributed by atoms with E-state index in [0.29, 0.717) is 5.11 Å². The third kappa shape index (κ3) is 4.03. The molecule has 2 N–H and O–H groups in total. The van der Waals surface area contributed by atoms with E-state index in [1.165, 1.54) is 6.92 Å². The van der Waals surface area contributed by atoms with Gasteiger partial charge in [0.05, 0.1) is 0 Å². The highest BCUT2D eigenvalue weighted by Crippen LogP contribution is 2.18. The number of carbonyl (C=O) groups excluding carboxylic acids is 1. The third-order valence-corrected chi connectivity index (χ3v) is 2.55. The minimum atomic E-state index is -0.00332. The highest BCUT2D eigenvalue weighted by atomic mass is 32.1. The quantitative estimate of drug-likeness (QED) is 0.806. The average Bonchev–Trinajstić information content (AvgIpc) is 2.28. The number of benzene rings is 1. The lowest BCUT2D eigenvalue weighted by Gasteiger charge is -2.16. The highest BCUT2D eigenvalue weighted by Gasteiger charge is 2.06. The summed E-state index contributed by atoms with van der Waals surface area (Å²) in [4.78, 5) is 12.8. The molecule has 0 aliphatic rings. The molecular formula is C12H17N3OS. The van der Waals surface area contributed by atoms with E-state index in [9.17, 15) is 4.79 Å². The Kier molecular flexibility index (Phi) is 4.90. The van der Waals surface area contributed by atoms with Gasteiger partial charge in [0.25, 0.3) is 0 Å². The number of hydrogen-bond acceptors (Lipinski definition) is 2. The lowest BCUT2D eigenvalue weighted by atomic mass is 10.2. The van der Waals surface area contributed by atoms with Gasteiger partial charge in [-0.3, -0.25) is 4.79 Å². The van der Waals surface area contributed by atoms with Crippen LogP contribution in [0.15, 0.2) is 24.3 Å². The topological polar surface area (TPSA) is 44.4 Å². The maximum Gasteiger partial charge on any atom is 0.223 e. The second-order valence-corrected chi connectivity index (χ2v) is 4.02. The second kappa shape index (κ2) is 6.20. The van der Waals surface area contributed by atoms with Crippen LogP contribution in [0.25, 0.3) is 0 Å². The van der Waals surface area contributed by atoms with Crippen LogP contribution in [0.4, 0.5) is 11.4 Å². The van der Waals surface area contributed by atoms with Gasteiger partial charge < -0.3 is 15.5 Å². The van der Waals surface area contributed by atoms with E-state index in [4.69, 9.17) is 12.2 Å². The van der Waals surface area contributed by atoms with E-state index in [-0.39, 0.29) is 5.91 Å². The van der Waals surface area contributed by atoms with Gasteiger partial charge in [-0.25, -0.2) is 0 Å². The smallest absolute Gasteiger partial charge is 0.223 e. The Morgan fingerprint density at radius 1 is 1.47 bits per heavy atom. The molecule has 0 fully saturated rings. The molecule has 5 heteroatoms. The molecule has 0 radical (unpaired) electrons. The Morgan fingerprint density at radius 2 is 2.18 bits per heavy atom. The van der Waals surface area contributed by atoms with Crippen LogP contribution in [-0.4, -0.2) is 24.6 Å². The maximum absolute atomic E-state index is 11.2. The van der Waals surface area contributed by atoms with Crippen LogP contribution < -0.4 is 15.5 Å². The first-order valence-electron chi connectivity index (χ1n) is 5.43. The number of nitrogens with zero attached hydrogens (tertiary/aromatic N) is 1. The summed E-state index contributed by atoms with van der Waals surface area (Å²) in [5, 5.41) is 6.64. The Morgan fingerprint density at radius 3 is 2.76 bits per heavy atom. The van der Waals surface area contributed by atoms with E-state index < -0.39 is 0 Å². The summed E-state index contributed by atoms with van der Waals surface area (Å²) < 4.78 is 0. The molecule has 0 aliphatic heterocycles. The minimum absolute atomic E-state index is 0.00332. The molecule has 1 rings (SSSR count). The summed E-state index contributed by atoms with van der Waals surface area (Å²) in [5.41, 5.74) is 1.70. The lowest BCUT2D eigenvalue weighted by Crippen LogP contribution is -2.28. The van der Waals surface area contributed by atoms with Gasteiger partial charge in [-0.15, -0.1) is 0 Å². The molecule has 1 amide bonds. The fourth-order valence-corrected chi connectivity index (χ4v) is 1.57. The fraction of sp³-hybridized carbons (Fsp3) is 0.333. The van der Waals surface area contributed by atoms with Gasteiger partial charge in [-0.05, 0) is 37.3 Å².